The van der Waals surface area contributed by atoms with Crippen molar-refractivity contribution in [2.24, 2.45) is 5.92 Å². The summed E-state index contributed by atoms with van der Waals surface area (Å²) in [4.78, 5) is 46.8. The molecule has 0 bridgehead atoms. The largest absolute Gasteiger partial charge is 0.504 e. The number of hydrogen-bond acceptors (Lipinski definition) is 5. The zero-order valence-corrected chi connectivity index (χ0v) is 14.9. The first-order valence-corrected chi connectivity index (χ1v) is 7.69. The Hall–Kier alpha value is -2.96. The average molecular weight is 346 g/mol. The first kappa shape index (κ1) is 20.1. The summed E-state index contributed by atoms with van der Waals surface area (Å²) in [6.07, 6.45) is 4.53. The van der Waals surface area contributed by atoms with E-state index in [0.29, 0.717) is 5.57 Å². The van der Waals surface area contributed by atoms with E-state index in [0.717, 1.165) is 18.6 Å². The van der Waals surface area contributed by atoms with Gasteiger partial charge in [-0.05, 0) is 26.7 Å². The van der Waals surface area contributed by atoms with Crippen LogP contribution in [-0.2, 0) is 19.2 Å². The van der Waals surface area contributed by atoms with Crippen LogP contribution >= 0.6 is 0 Å². The molecule has 0 fully saturated rings. The standard InChI is InChI=1S/C18H22N2O5/c1-9(2)6-10(3)7-11(4)18(25)20-13-8-14(22)17(24)15(16(13)23)19-12(5)21/h6-8,10,23H,1-5H3,(H,19,21)(H,20,25). The lowest BCUT2D eigenvalue weighted by atomic mass is 10.0. The highest BCUT2D eigenvalue weighted by molar-refractivity contribution is 6.48. The molecule has 0 aromatic rings. The van der Waals surface area contributed by atoms with Gasteiger partial charge in [-0.2, -0.15) is 0 Å². The summed E-state index contributed by atoms with van der Waals surface area (Å²) in [5.41, 5.74) is 0.705. The van der Waals surface area contributed by atoms with Gasteiger partial charge in [-0.15, -0.1) is 0 Å². The number of allylic oxidation sites excluding steroid dienone is 5. The van der Waals surface area contributed by atoms with Crippen molar-refractivity contribution in [3.63, 3.8) is 0 Å². The van der Waals surface area contributed by atoms with E-state index in [4.69, 9.17) is 0 Å². The number of aliphatic hydroxyl groups is 1. The lowest BCUT2D eigenvalue weighted by Crippen LogP contribution is -2.37. The van der Waals surface area contributed by atoms with Gasteiger partial charge in [-0.25, -0.2) is 0 Å². The highest BCUT2D eigenvalue weighted by atomic mass is 16.3. The van der Waals surface area contributed by atoms with Gasteiger partial charge in [0.15, 0.2) is 5.76 Å². The fourth-order valence-electron chi connectivity index (χ4n) is 2.28. The van der Waals surface area contributed by atoms with Crippen LogP contribution < -0.4 is 10.6 Å². The van der Waals surface area contributed by atoms with Gasteiger partial charge in [-0.1, -0.05) is 24.6 Å². The van der Waals surface area contributed by atoms with E-state index in [1.54, 1.807) is 13.0 Å². The fraction of sp³-hybridized carbons (Fsp3) is 0.333. The van der Waals surface area contributed by atoms with Crippen LogP contribution in [0.5, 0.6) is 0 Å². The monoisotopic (exact) mass is 346 g/mol. The summed E-state index contributed by atoms with van der Waals surface area (Å²) >= 11 is 0. The summed E-state index contributed by atoms with van der Waals surface area (Å²) in [6.45, 7) is 8.53. The second kappa shape index (κ2) is 8.23. The maximum absolute atomic E-state index is 12.2. The van der Waals surface area contributed by atoms with Gasteiger partial charge in [0.1, 0.15) is 5.70 Å². The molecule has 7 nitrogen and oxygen atoms in total. The van der Waals surface area contributed by atoms with Crippen molar-refractivity contribution in [1.82, 2.24) is 10.6 Å². The molecule has 0 aromatic heterocycles. The maximum atomic E-state index is 12.2. The van der Waals surface area contributed by atoms with Gasteiger partial charge in [0.25, 0.3) is 11.7 Å². The molecule has 0 heterocycles. The van der Waals surface area contributed by atoms with E-state index in [2.05, 4.69) is 10.6 Å². The number of rotatable bonds is 5. The lowest BCUT2D eigenvalue weighted by molar-refractivity contribution is -0.132. The Kier molecular flexibility index (Phi) is 6.61. The summed E-state index contributed by atoms with van der Waals surface area (Å²) < 4.78 is 0. The third-order valence-electron chi connectivity index (χ3n) is 3.23. The number of carbonyl (C=O) groups is 4. The average Bonchev–Trinajstić information content (AvgIpc) is 2.47. The van der Waals surface area contributed by atoms with Gasteiger partial charge in [0, 0.05) is 18.6 Å². The molecule has 7 heteroatoms. The molecule has 3 N–H and O–H groups in total. The number of nitrogens with one attached hydrogen (secondary N) is 2. The Bertz CT molecular complexity index is 749. The van der Waals surface area contributed by atoms with Crippen LogP contribution in [0.3, 0.4) is 0 Å². The van der Waals surface area contributed by atoms with Crippen LogP contribution in [0.15, 0.2) is 46.5 Å². The first-order valence-electron chi connectivity index (χ1n) is 7.69. The Balaban J connectivity index is 3.04. The van der Waals surface area contributed by atoms with Crippen molar-refractivity contribution in [2.75, 3.05) is 0 Å². The van der Waals surface area contributed by atoms with Crippen LogP contribution in [0.2, 0.25) is 0 Å². The molecular weight excluding hydrogens is 324 g/mol. The van der Waals surface area contributed by atoms with Crippen molar-refractivity contribution < 1.29 is 24.3 Å². The number of hydrogen-bond donors (Lipinski definition) is 3. The van der Waals surface area contributed by atoms with Gasteiger partial charge in [0.05, 0.1) is 5.70 Å². The summed E-state index contributed by atoms with van der Waals surface area (Å²) in [7, 11) is 0. The summed E-state index contributed by atoms with van der Waals surface area (Å²) in [5.74, 6) is -3.78. The molecule has 0 saturated carbocycles. The molecule has 0 spiro atoms. The van der Waals surface area contributed by atoms with E-state index >= 15 is 0 Å². The molecule has 0 aromatic carbocycles. The SMILES string of the molecule is CC(=O)NC1=C(O)C(NC(=O)C(C)=CC(C)C=C(C)C)=CC(=O)C1=O. The lowest BCUT2D eigenvalue weighted by Gasteiger charge is -2.17. The van der Waals surface area contributed by atoms with Crippen molar-refractivity contribution in [3.05, 3.63) is 46.5 Å². The van der Waals surface area contributed by atoms with E-state index < -0.39 is 34.8 Å². The topological polar surface area (TPSA) is 113 Å². The van der Waals surface area contributed by atoms with Crippen LogP contribution in [0, 0.1) is 5.92 Å². The predicted octanol–water partition coefficient (Wildman–Crippen LogP) is 1.59. The van der Waals surface area contributed by atoms with E-state index in [1.165, 1.54) is 0 Å². The van der Waals surface area contributed by atoms with Gasteiger partial charge in [0.2, 0.25) is 11.7 Å². The van der Waals surface area contributed by atoms with Crippen LogP contribution in [-0.4, -0.2) is 28.5 Å². The highest BCUT2D eigenvalue weighted by Crippen LogP contribution is 2.16. The van der Waals surface area contributed by atoms with E-state index in [9.17, 15) is 24.3 Å². The van der Waals surface area contributed by atoms with Gasteiger partial charge >= 0.3 is 0 Å². The quantitative estimate of drug-likeness (QED) is 0.303. The zero-order valence-electron chi connectivity index (χ0n) is 14.9. The number of carbonyl (C=O) groups excluding carboxylic acids is 4. The molecule has 0 radical (unpaired) electrons. The van der Waals surface area contributed by atoms with Crippen molar-refractivity contribution >= 4 is 23.4 Å². The van der Waals surface area contributed by atoms with Crippen molar-refractivity contribution in [1.29, 1.82) is 0 Å². The Morgan fingerprint density at radius 3 is 2.20 bits per heavy atom. The third-order valence-corrected chi connectivity index (χ3v) is 3.23. The molecule has 134 valence electrons. The second-order valence-electron chi connectivity index (χ2n) is 6.06. The predicted molar refractivity (Wildman–Crippen MR) is 92.1 cm³/mol. The van der Waals surface area contributed by atoms with Crippen LogP contribution in [0.4, 0.5) is 0 Å². The number of aliphatic hydroxyl groups excluding tert-OH is 1. The number of amides is 2. The number of ketones is 2. The minimum Gasteiger partial charge on any atom is -0.504 e. The normalized spacial score (nSPS) is 16.2. The van der Waals surface area contributed by atoms with E-state index in [-0.39, 0.29) is 11.6 Å². The highest BCUT2D eigenvalue weighted by Gasteiger charge is 2.30. The van der Waals surface area contributed by atoms with Gasteiger partial charge in [-0.3, -0.25) is 19.2 Å². The van der Waals surface area contributed by atoms with Crippen molar-refractivity contribution in [2.45, 2.75) is 34.6 Å². The summed E-state index contributed by atoms with van der Waals surface area (Å²) in [6, 6.07) is 0. The van der Waals surface area contributed by atoms with E-state index in [1.807, 2.05) is 26.8 Å². The molecular formula is C18H22N2O5. The van der Waals surface area contributed by atoms with Crippen LogP contribution in [0.1, 0.15) is 34.6 Å². The molecule has 25 heavy (non-hydrogen) atoms. The minimum atomic E-state index is -1.05. The van der Waals surface area contributed by atoms with Gasteiger partial charge < -0.3 is 15.7 Å². The Labute approximate surface area is 146 Å². The molecule has 1 atom stereocenters. The Morgan fingerprint density at radius 2 is 1.68 bits per heavy atom. The second-order valence-corrected chi connectivity index (χ2v) is 6.06. The molecule has 1 unspecified atom stereocenters. The molecule has 0 saturated heterocycles. The third kappa shape index (κ3) is 5.56. The Morgan fingerprint density at radius 1 is 1.08 bits per heavy atom. The van der Waals surface area contributed by atoms with Crippen LogP contribution in [0.25, 0.3) is 0 Å². The molecule has 1 aliphatic carbocycles. The molecule has 2 amide bonds. The first-order chi connectivity index (χ1) is 11.5. The number of Topliss-reactive ketones (excluding diaryl/α,β-unsaturated/α-hetero) is 1. The minimum absolute atomic E-state index is 0.0263. The van der Waals surface area contributed by atoms with Crippen molar-refractivity contribution in [3.8, 4) is 0 Å². The zero-order chi connectivity index (χ0) is 19.3. The molecule has 1 aliphatic rings. The molecule has 0 aliphatic heterocycles. The molecule has 1 rings (SSSR count). The summed E-state index contributed by atoms with van der Waals surface area (Å²) in [5, 5.41) is 14.6. The maximum Gasteiger partial charge on any atom is 0.253 e. The fourth-order valence-corrected chi connectivity index (χ4v) is 2.28. The smallest absolute Gasteiger partial charge is 0.253 e.